The van der Waals surface area contributed by atoms with Gasteiger partial charge in [0, 0.05) is 6.42 Å². The largest absolute Gasteiger partial charge is 0.461 e. The highest BCUT2D eigenvalue weighted by atomic mass is 19.1. The van der Waals surface area contributed by atoms with Crippen molar-refractivity contribution >= 4 is 24.3 Å². The van der Waals surface area contributed by atoms with Gasteiger partial charge in [-0.3, -0.25) is 4.79 Å². The highest BCUT2D eigenvalue weighted by Gasteiger charge is 2.11. The first-order valence-corrected chi connectivity index (χ1v) is 4.86. The van der Waals surface area contributed by atoms with Gasteiger partial charge in [-0.15, -0.1) is 0 Å². The molecule has 2 nitrogen and oxygen atoms in total. The Bertz CT molecular complexity index is 575. The Kier molecular flexibility index (Phi) is 2.35. The lowest BCUT2D eigenvalue weighted by atomic mass is 9.92. The maximum absolute atomic E-state index is 13.4. The molecule has 0 amide bonds. The highest BCUT2D eigenvalue weighted by molar-refractivity contribution is 6.33. The minimum absolute atomic E-state index is 0.0483. The predicted molar refractivity (Wildman–Crippen MR) is 60.0 cm³/mol. The van der Waals surface area contributed by atoms with Crippen LogP contribution in [-0.4, -0.2) is 7.85 Å². The molecule has 0 aliphatic heterocycles. The molecule has 1 aromatic carbocycles. The third-order valence-corrected chi connectivity index (χ3v) is 2.52. The second-order valence-electron chi connectivity index (χ2n) is 3.45. The van der Waals surface area contributed by atoms with Gasteiger partial charge in [0.1, 0.15) is 25.0 Å². The summed E-state index contributed by atoms with van der Waals surface area (Å²) in [5.41, 5.74) is 0.545. The van der Waals surface area contributed by atoms with Crippen LogP contribution in [0.5, 0.6) is 0 Å². The van der Waals surface area contributed by atoms with Crippen LogP contribution in [0, 0.1) is 5.82 Å². The second kappa shape index (κ2) is 3.53. The van der Waals surface area contributed by atoms with Gasteiger partial charge >= 0.3 is 0 Å². The van der Waals surface area contributed by atoms with Crippen LogP contribution in [-0.2, 0) is 6.42 Å². The Morgan fingerprint density at radius 3 is 2.87 bits per heavy atom. The molecular formula is C11H10BFO2. The molecule has 0 aliphatic rings. The minimum atomic E-state index is -0.521. The first kappa shape index (κ1) is 9.96. The van der Waals surface area contributed by atoms with Crippen LogP contribution < -0.4 is 10.9 Å². The monoisotopic (exact) mass is 204 g/mol. The smallest absolute Gasteiger partial charge is 0.189 e. The zero-order chi connectivity index (χ0) is 11.0. The molecular weight excluding hydrogens is 194 g/mol. The van der Waals surface area contributed by atoms with E-state index in [1.807, 2.05) is 6.92 Å². The van der Waals surface area contributed by atoms with Crippen molar-refractivity contribution in [3.05, 3.63) is 40.0 Å². The van der Waals surface area contributed by atoms with Gasteiger partial charge in [-0.05, 0) is 17.6 Å². The van der Waals surface area contributed by atoms with E-state index in [1.165, 1.54) is 12.1 Å². The van der Waals surface area contributed by atoms with Gasteiger partial charge in [0.15, 0.2) is 5.43 Å². The van der Waals surface area contributed by atoms with Crippen molar-refractivity contribution in [1.29, 1.82) is 0 Å². The molecule has 0 bridgehead atoms. The Morgan fingerprint density at radius 2 is 2.20 bits per heavy atom. The summed E-state index contributed by atoms with van der Waals surface area (Å²) in [6.07, 6.45) is 0.632. The summed E-state index contributed by atoms with van der Waals surface area (Å²) >= 11 is 0. The van der Waals surface area contributed by atoms with Crippen molar-refractivity contribution in [3.63, 3.8) is 0 Å². The van der Waals surface area contributed by atoms with Gasteiger partial charge in [-0.2, -0.15) is 0 Å². The molecule has 0 atom stereocenters. The molecule has 76 valence electrons. The number of hydrogen-bond acceptors (Lipinski definition) is 2. The fourth-order valence-electron chi connectivity index (χ4n) is 1.67. The summed E-state index contributed by atoms with van der Waals surface area (Å²) in [4.78, 5) is 11.8. The van der Waals surface area contributed by atoms with E-state index in [2.05, 4.69) is 0 Å². The van der Waals surface area contributed by atoms with Crippen LogP contribution in [0.25, 0.3) is 11.0 Å². The molecule has 1 heterocycles. The maximum atomic E-state index is 13.4. The number of halogens is 1. The Morgan fingerprint density at radius 1 is 1.47 bits per heavy atom. The molecule has 0 spiro atoms. The highest BCUT2D eigenvalue weighted by Crippen LogP contribution is 2.14. The van der Waals surface area contributed by atoms with Crippen molar-refractivity contribution in [1.82, 2.24) is 0 Å². The van der Waals surface area contributed by atoms with E-state index in [-0.39, 0.29) is 10.8 Å². The van der Waals surface area contributed by atoms with Gasteiger partial charge < -0.3 is 4.42 Å². The molecule has 0 saturated carbocycles. The molecule has 15 heavy (non-hydrogen) atoms. The molecule has 1 aromatic heterocycles. The van der Waals surface area contributed by atoms with E-state index in [0.29, 0.717) is 23.2 Å². The molecule has 0 saturated heterocycles. The summed E-state index contributed by atoms with van der Waals surface area (Å²) in [5.74, 6) is 0.102. The van der Waals surface area contributed by atoms with E-state index < -0.39 is 5.82 Å². The summed E-state index contributed by atoms with van der Waals surface area (Å²) in [7, 11) is 1.66. The second-order valence-corrected chi connectivity index (χ2v) is 3.45. The van der Waals surface area contributed by atoms with E-state index in [9.17, 15) is 9.18 Å². The lowest BCUT2D eigenvalue weighted by Gasteiger charge is -2.04. The molecule has 0 radical (unpaired) electrons. The van der Waals surface area contributed by atoms with Crippen LogP contribution >= 0.6 is 0 Å². The summed E-state index contributed by atoms with van der Waals surface area (Å²) in [6.45, 7) is 1.90. The standard InChI is InChI=1S/C11H10BFO2/c1-2-7-10(12)11(14)9-6(13)4-3-5-8(9)15-7/h3-5H,2,12H2,1H3. The maximum Gasteiger partial charge on any atom is 0.189 e. The normalized spacial score (nSPS) is 10.8. The first-order chi connectivity index (χ1) is 7.15. The third kappa shape index (κ3) is 1.46. The van der Waals surface area contributed by atoms with E-state index >= 15 is 0 Å². The fourth-order valence-corrected chi connectivity index (χ4v) is 1.67. The Labute approximate surface area is 87.1 Å². The van der Waals surface area contributed by atoms with Crippen molar-refractivity contribution in [2.24, 2.45) is 0 Å². The van der Waals surface area contributed by atoms with Gasteiger partial charge in [0.2, 0.25) is 0 Å². The number of fused-ring (bicyclic) bond motifs is 1. The minimum Gasteiger partial charge on any atom is -0.461 e. The quantitative estimate of drug-likeness (QED) is 0.641. The van der Waals surface area contributed by atoms with Crippen molar-refractivity contribution in [2.75, 3.05) is 0 Å². The summed E-state index contributed by atoms with van der Waals surface area (Å²) in [5, 5.41) is 0.0483. The van der Waals surface area contributed by atoms with E-state index in [1.54, 1.807) is 13.9 Å². The number of rotatable bonds is 1. The zero-order valence-electron chi connectivity index (χ0n) is 8.63. The molecule has 2 aromatic rings. The summed E-state index contributed by atoms with van der Waals surface area (Å²) < 4.78 is 18.9. The third-order valence-electron chi connectivity index (χ3n) is 2.52. The average molecular weight is 204 g/mol. The van der Waals surface area contributed by atoms with Gasteiger partial charge in [0.25, 0.3) is 0 Å². The van der Waals surface area contributed by atoms with Crippen molar-refractivity contribution in [2.45, 2.75) is 13.3 Å². The van der Waals surface area contributed by atoms with Crippen molar-refractivity contribution in [3.8, 4) is 0 Å². The number of hydrogen-bond donors (Lipinski definition) is 0. The van der Waals surface area contributed by atoms with E-state index in [4.69, 9.17) is 4.42 Å². The van der Waals surface area contributed by atoms with Crippen LogP contribution in [0.4, 0.5) is 4.39 Å². The predicted octanol–water partition coefficient (Wildman–Crippen LogP) is 0.753. The lowest BCUT2D eigenvalue weighted by molar-refractivity contribution is 0.545. The SMILES string of the molecule is Bc1c(CC)oc2cccc(F)c2c1=O. The Hall–Kier alpha value is -1.58. The number of benzene rings is 1. The lowest BCUT2D eigenvalue weighted by Crippen LogP contribution is -2.29. The Balaban J connectivity index is 2.98. The van der Waals surface area contributed by atoms with Crippen LogP contribution in [0.3, 0.4) is 0 Å². The summed E-state index contributed by atoms with van der Waals surface area (Å²) in [6, 6.07) is 4.41. The van der Waals surface area contributed by atoms with Crippen LogP contribution in [0.15, 0.2) is 27.4 Å². The average Bonchev–Trinajstić information content (AvgIpc) is 2.23. The molecule has 0 N–H and O–H groups in total. The van der Waals surface area contributed by atoms with Crippen LogP contribution in [0.1, 0.15) is 12.7 Å². The van der Waals surface area contributed by atoms with Gasteiger partial charge in [0.05, 0.1) is 5.39 Å². The number of aryl methyl sites for hydroxylation is 1. The molecule has 4 heteroatoms. The van der Waals surface area contributed by atoms with Gasteiger partial charge in [-0.25, -0.2) is 4.39 Å². The van der Waals surface area contributed by atoms with E-state index in [0.717, 1.165) is 0 Å². The van der Waals surface area contributed by atoms with Crippen molar-refractivity contribution < 1.29 is 8.81 Å². The molecule has 0 fully saturated rings. The van der Waals surface area contributed by atoms with Crippen LogP contribution in [0.2, 0.25) is 0 Å². The zero-order valence-corrected chi connectivity index (χ0v) is 8.63. The molecule has 0 unspecified atom stereocenters. The molecule has 0 aliphatic carbocycles. The molecule has 2 rings (SSSR count). The topological polar surface area (TPSA) is 30.2 Å². The fraction of sp³-hybridized carbons (Fsp3) is 0.182. The first-order valence-electron chi connectivity index (χ1n) is 4.86. The van der Waals surface area contributed by atoms with Gasteiger partial charge in [-0.1, -0.05) is 13.0 Å².